The molecule has 0 amide bonds. The number of Topliss-reactive ketones (excluding diaryl/α,β-unsaturated/α-hetero) is 2. The minimum atomic E-state index is -1.82. The topological polar surface area (TPSA) is 156 Å². The number of rotatable bonds is 3. The standard InChI is InChI=1S/C21H32N2O3.C2H2O4/c1-20-7-5-13(23-26-10-9-22)11-17(20)18(24)12-14-15-3-4-19(25)21(15,2)8-6-16(14)20;3-1(4)2(5)6/h14-17H,3-12,22H2,1-2H3;(H,3,4)(H,5,6)/t14-,15-,16-,17+,20+,21-;/m0./s1. The Morgan fingerprint density at radius 3 is 2.38 bits per heavy atom. The third-order valence-corrected chi connectivity index (χ3v) is 8.59. The van der Waals surface area contributed by atoms with E-state index in [-0.39, 0.29) is 16.7 Å². The van der Waals surface area contributed by atoms with Crippen molar-refractivity contribution in [1.29, 1.82) is 0 Å². The Bertz CT molecular complexity index is 813. The van der Waals surface area contributed by atoms with E-state index in [1.165, 1.54) is 0 Å². The molecule has 0 heterocycles. The van der Waals surface area contributed by atoms with Crippen LogP contribution in [0.5, 0.6) is 0 Å². The molecular weight excluding hydrogens is 416 g/mol. The molecule has 0 saturated heterocycles. The third kappa shape index (κ3) is 4.31. The number of hydrogen-bond acceptors (Lipinski definition) is 7. The van der Waals surface area contributed by atoms with Gasteiger partial charge in [0.1, 0.15) is 18.2 Å². The first-order chi connectivity index (χ1) is 15.0. The predicted molar refractivity (Wildman–Crippen MR) is 115 cm³/mol. The first-order valence-corrected chi connectivity index (χ1v) is 11.4. The first kappa shape index (κ1) is 24.4. The summed E-state index contributed by atoms with van der Waals surface area (Å²) in [6.07, 6.45) is 7.13. The molecule has 9 nitrogen and oxygen atoms in total. The number of carboxylic acid groups (broad SMARTS) is 2. The number of nitrogens with two attached hydrogens (primary N) is 1. The van der Waals surface area contributed by atoms with Crippen LogP contribution in [0, 0.1) is 34.5 Å². The summed E-state index contributed by atoms with van der Waals surface area (Å²) in [5.74, 6) is -1.36. The predicted octanol–water partition coefficient (Wildman–Crippen LogP) is 2.26. The van der Waals surface area contributed by atoms with Crippen LogP contribution in [0.3, 0.4) is 0 Å². The Labute approximate surface area is 187 Å². The van der Waals surface area contributed by atoms with E-state index in [4.69, 9.17) is 30.4 Å². The first-order valence-electron chi connectivity index (χ1n) is 11.4. The van der Waals surface area contributed by atoms with Gasteiger partial charge in [-0.2, -0.15) is 0 Å². The summed E-state index contributed by atoms with van der Waals surface area (Å²) < 4.78 is 0. The molecule has 178 valence electrons. The van der Waals surface area contributed by atoms with Crippen molar-refractivity contribution in [3.05, 3.63) is 0 Å². The molecule has 4 rings (SSSR count). The number of carboxylic acids is 2. The van der Waals surface area contributed by atoms with Gasteiger partial charge in [0.2, 0.25) is 0 Å². The van der Waals surface area contributed by atoms with Crippen LogP contribution in [0.4, 0.5) is 0 Å². The second-order valence-electron chi connectivity index (χ2n) is 10.1. The van der Waals surface area contributed by atoms with E-state index in [1.54, 1.807) is 0 Å². The van der Waals surface area contributed by atoms with Gasteiger partial charge in [-0.3, -0.25) is 9.59 Å². The Kier molecular flexibility index (Phi) is 7.07. The number of ketones is 2. The Morgan fingerprint density at radius 2 is 1.75 bits per heavy atom. The highest BCUT2D eigenvalue weighted by Crippen LogP contribution is 2.64. The van der Waals surface area contributed by atoms with E-state index in [0.29, 0.717) is 55.3 Å². The molecule has 0 spiro atoms. The minimum absolute atomic E-state index is 0.0554. The van der Waals surface area contributed by atoms with E-state index in [2.05, 4.69) is 19.0 Å². The van der Waals surface area contributed by atoms with E-state index >= 15 is 0 Å². The molecule has 4 saturated carbocycles. The number of oxime groups is 1. The van der Waals surface area contributed by atoms with Crippen LogP contribution in [0.15, 0.2) is 5.16 Å². The van der Waals surface area contributed by atoms with E-state index in [0.717, 1.165) is 44.2 Å². The highest BCUT2D eigenvalue weighted by molar-refractivity contribution is 6.27. The van der Waals surface area contributed by atoms with Crippen molar-refractivity contribution in [3.63, 3.8) is 0 Å². The van der Waals surface area contributed by atoms with Gasteiger partial charge in [-0.05, 0) is 61.7 Å². The average Bonchev–Trinajstić information content (AvgIpc) is 3.04. The highest BCUT2D eigenvalue weighted by atomic mass is 16.6. The molecule has 4 N–H and O–H groups in total. The van der Waals surface area contributed by atoms with Crippen molar-refractivity contribution in [2.24, 2.45) is 45.4 Å². The van der Waals surface area contributed by atoms with Gasteiger partial charge in [-0.25, -0.2) is 9.59 Å². The largest absolute Gasteiger partial charge is 0.473 e. The Morgan fingerprint density at radius 1 is 1.06 bits per heavy atom. The highest BCUT2D eigenvalue weighted by Gasteiger charge is 2.62. The van der Waals surface area contributed by atoms with Crippen LogP contribution in [-0.2, 0) is 24.0 Å². The van der Waals surface area contributed by atoms with Gasteiger partial charge in [0.05, 0.1) is 5.71 Å². The number of nitrogens with zero attached hydrogens (tertiary/aromatic N) is 1. The fourth-order valence-corrected chi connectivity index (χ4v) is 6.89. The second-order valence-corrected chi connectivity index (χ2v) is 10.1. The fraction of sp³-hybridized carbons (Fsp3) is 0.783. The van der Waals surface area contributed by atoms with Gasteiger partial charge in [0.25, 0.3) is 0 Å². The third-order valence-electron chi connectivity index (χ3n) is 8.59. The summed E-state index contributed by atoms with van der Waals surface area (Å²) in [5.41, 5.74) is 6.37. The van der Waals surface area contributed by atoms with Gasteiger partial charge >= 0.3 is 11.9 Å². The van der Waals surface area contributed by atoms with E-state index in [9.17, 15) is 9.59 Å². The van der Waals surface area contributed by atoms with Crippen LogP contribution in [-0.4, -0.2) is 52.6 Å². The van der Waals surface area contributed by atoms with Crippen molar-refractivity contribution in [1.82, 2.24) is 0 Å². The van der Waals surface area contributed by atoms with Crippen LogP contribution in [0.25, 0.3) is 0 Å². The van der Waals surface area contributed by atoms with Crippen molar-refractivity contribution in [3.8, 4) is 0 Å². The molecular formula is C23H34N2O7. The van der Waals surface area contributed by atoms with Crippen molar-refractivity contribution >= 4 is 29.2 Å². The summed E-state index contributed by atoms with van der Waals surface area (Å²) in [5, 5.41) is 19.0. The lowest BCUT2D eigenvalue weighted by molar-refractivity contribution is -0.159. The molecule has 0 aromatic heterocycles. The van der Waals surface area contributed by atoms with Crippen LogP contribution in [0.2, 0.25) is 0 Å². The maximum atomic E-state index is 13.1. The number of aliphatic carboxylic acids is 2. The Hall–Kier alpha value is -2.29. The molecule has 0 radical (unpaired) electrons. The normalized spacial score (nSPS) is 39.3. The number of carbonyl (C=O) groups is 4. The molecule has 4 aliphatic carbocycles. The number of carbonyl (C=O) groups excluding carboxylic acids is 2. The smallest absolute Gasteiger partial charge is 0.414 e. The van der Waals surface area contributed by atoms with Crippen LogP contribution >= 0.6 is 0 Å². The fourth-order valence-electron chi connectivity index (χ4n) is 6.89. The SMILES string of the molecule is C[C@]12CCC(=NOCCN)C[C@@H]1C(=O)C[C@@H]1[C@@H]2CC[C@]2(C)C(=O)CC[C@@H]12.O=C(O)C(=O)O. The molecule has 4 fully saturated rings. The molecule has 0 aromatic rings. The lowest BCUT2D eigenvalue weighted by atomic mass is 9.45. The summed E-state index contributed by atoms with van der Waals surface area (Å²) in [6, 6.07) is 0. The Balaban J connectivity index is 0.000000427. The minimum Gasteiger partial charge on any atom is -0.473 e. The maximum absolute atomic E-state index is 13.1. The number of hydrogen-bond donors (Lipinski definition) is 3. The molecule has 9 heteroatoms. The van der Waals surface area contributed by atoms with Crippen molar-refractivity contribution in [2.45, 2.75) is 65.2 Å². The zero-order valence-electron chi connectivity index (χ0n) is 18.8. The molecule has 0 aliphatic heterocycles. The second kappa shape index (κ2) is 9.29. The van der Waals surface area contributed by atoms with Gasteiger partial charge in [-0.15, -0.1) is 0 Å². The van der Waals surface area contributed by atoms with E-state index in [1.807, 2.05) is 0 Å². The quantitative estimate of drug-likeness (QED) is 0.336. The van der Waals surface area contributed by atoms with Gasteiger partial charge in [0, 0.05) is 30.7 Å². The molecule has 0 bridgehead atoms. The monoisotopic (exact) mass is 450 g/mol. The maximum Gasteiger partial charge on any atom is 0.414 e. The van der Waals surface area contributed by atoms with Gasteiger partial charge in [0.15, 0.2) is 0 Å². The molecule has 0 aromatic carbocycles. The zero-order valence-corrected chi connectivity index (χ0v) is 18.8. The zero-order chi connectivity index (χ0) is 23.7. The number of fused-ring (bicyclic) bond motifs is 5. The van der Waals surface area contributed by atoms with Crippen LogP contribution in [0.1, 0.15) is 65.2 Å². The summed E-state index contributed by atoms with van der Waals surface area (Å²) in [4.78, 5) is 49.1. The van der Waals surface area contributed by atoms with Gasteiger partial charge in [-0.1, -0.05) is 19.0 Å². The lowest BCUT2D eigenvalue weighted by Gasteiger charge is -2.58. The van der Waals surface area contributed by atoms with E-state index < -0.39 is 11.9 Å². The molecule has 32 heavy (non-hydrogen) atoms. The average molecular weight is 451 g/mol. The van der Waals surface area contributed by atoms with Crippen molar-refractivity contribution < 1.29 is 34.2 Å². The van der Waals surface area contributed by atoms with Gasteiger partial charge < -0.3 is 20.8 Å². The summed E-state index contributed by atoms with van der Waals surface area (Å²) >= 11 is 0. The molecule has 6 atom stereocenters. The van der Waals surface area contributed by atoms with Crippen LogP contribution < -0.4 is 5.73 Å². The summed E-state index contributed by atoms with van der Waals surface area (Å²) in [6.45, 7) is 5.39. The molecule has 0 unspecified atom stereocenters. The lowest BCUT2D eigenvalue weighted by Crippen LogP contribution is -2.56. The summed E-state index contributed by atoms with van der Waals surface area (Å²) in [7, 11) is 0. The molecule has 4 aliphatic rings. The van der Waals surface area contributed by atoms with Crippen molar-refractivity contribution in [2.75, 3.05) is 13.2 Å².